The predicted molar refractivity (Wildman–Crippen MR) is 101 cm³/mol. The molecule has 7 heteroatoms. The SMILES string of the molecule is CN1C(=O)Cc2cc(S(=O)(=O)NCC3(c4ccc(Cl)cc4)CC3)ccc21. The normalized spacial score (nSPS) is 18.1. The monoisotopic (exact) mass is 390 g/mol. The second-order valence-electron chi connectivity index (χ2n) is 7.03. The van der Waals surface area contributed by atoms with Crippen molar-refractivity contribution in [2.45, 2.75) is 29.6 Å². The molecule has 1 aliphatic heterocycles. The van der Waals surface area contributed by atoms with Crippen LogP contribution in [0.1, 0.15) is 24.0 Å². The summed E-state index contributed by atoms with van der Waals surface area (Å²) in [7, 11) is -1.93. The van der Waals surface area contributed by atoms with E-state index in [1.807, 2.05) is 24.3 Å². The zero-order valence-electron chi connectivity index (χ0n) is 14.3. The summed E-state index contributed by atoms with van der Waals surface area (Å²) in [6.45, 7) is 0.354. The number of benzene rings is 2. The second-order valence-corrected chi connectivity index (χ2v) is 9.24. The summed E-state index contributed by atoms with van der Waals surface area (Å²) in [6.07, 6.45) is 2.13. The molecule has 1 N–H and O–H groups in total. The molecule has 0 radical (unpaired) electrons. The maximum atomic E-state index is 12.7. The first-order valence-electron chi connectivity index (χ1n) is 8.46. The number of nitrogens with zero attached hydrogens (tertiary/aromatic N) is 1. The summed E-state index contributed by atoms with van der Waals surface area (Å²) in [6, 6.07) is 12.4. The van der Waals surface area contributed by atoms with Gasteiger partial charge in [-0.05, 0) is 54.3 Å². The summed E-state index contributed by atoms with van der Waals surface area (Å²) in [5, 5.41) is 0.669. The van der Waals surface area contributed by atoms with Crippen LogP contribution in [0, 0.1) is 0 Å². The highest BCUT2D eigenvalue weighted by Crippen LogP contribution is 2.48. The fraction of sp³-hybridized carbons (Fsp3) is 0.316. The Hall–Kier alpha value is -1.89. The zero-order valence-corrected chi connectivity index (χ0v) is 15.9. The van der Waals surface area contributed by atoms with Crippen molar-refractivity contribution in [2.24, 2.45) is 0 Å². The number of likely N-dealkylation sites (N-methyl/N-ethyl adjacent to an activating group) is 1. The van der Waals surface area contributed by atoms with E-state index in [-0.39, 0.29) is 22.6 Å². The van der Waals surface area contributed by atoms with Crippen LogP contribution in [0.25, 0.3) is 0 Å². The number of sulfonamides is 1. The van der Waals surface area contributed by atoms with Crippen molar-refractivity contribution in [1.82, 2.24) is 4.72 Å². The molecule has 1 heterocycles. The Morgan fingerprint density at radius 2 is 1.85 bits per heavy atom. The van der Waals surface area contributed by atoms with Crippen LogP contribution < -0.4 is 9.62 Å². The van der Waals surface area contributed by atoms with Gasteiger partial charge in [-0.2, -0.15) is 0 Å². The van der Waals surface area contributed by atoms with E-state index in [1.165, 1.54) is 0 Å². The molecular weight excluding hydrogens is 372 g/mol. The third kappa shape index (κ3) is 3.02. The molecular formula is C19H19ClN2O3S. The van der Waals surface area contributed by atoms with Gasteiger partial charge in [-0.1, -0.05) is 23.7 Å². The van der Waals surface area contributed by atoms with Gasteiger partial charge in [0.05, 0.1) is 11.3 Å². The van der Waals surface area contributed by atoms with Crippen LogP contribution in [0.4, 0.5) is 5.69 Å². The molecule has 0 unspecified atom stereocenters. The van der Waals surface area contributed by atoms with Gasteiger partial charge in [-0.3, -0.25) is 4.79 Å². The van der Waals surface area contributed by atoms with E-state index >= 15 is 0 Å². The summed E-state index contributed by atoms with van der Waals surface area (Å²) in [5.74, 6) is -0.0258. The summed E-state index contributed by atoms with van der Waals surface area (Å²) in [5.41, 5.74) is 2.48. The van der Waals surface area contributed by atoms with Crippen molar-refractivity contribution in [3.05, 3.63) is 58.6 Å². The molecule has 1 amide bonds. The quantitative estimate of drug-likeness (QED) is 0.853. The number of fused-ring (bicyclic) bond motifs is 1. The number of nitrogens with one attached hydrogen (secondary N) is 1. The Morgan fingerprint density at radius 1 is 1.15 bits per heavy atom. The zero-order chi connectivity index (χ0) is 18.5. The van der Waals surface area contributed by atoms with Gasteiger partial charge in [-0.15, -0.1) is 0 Å². The van der Waals surface area contributed by atoms with Gasteiger partial charge in [-0.25, -0.2) is 13.1 Å². The van der Waals surface area contributed by atoms with Crippen LogP contribution in [0.15, 0.2) is 47.4 Å². The third-order valence-electron chi connectivity index (χ3n) is 5.35. The molecule has 2 aliphatic rings. The van der Waals surface area contributed by atoms with E-state index in [4.69, 9.17) is 11.6 Å². The summed E-state index contributed by atoms with van der Waals surface area (Å²) in [4.78, 5) is 13.5. The average Bonchev–Trinajstić information content (AvgIpc) is 3.35. The molecule has 2 aromatic rings. The summed E-state index contributed by atoms with van der Waals surface area (Å²) < 4.78 is 28.2. The minimum Gasteiger partial charge on any atom is -0.315 e. The van der Waals surface area contributed by atoms with Gasteiger partial charge < -0.3 is 4.90 Å². The Bertz CT molecular complexity index is 982. The van der Waals surface area contributed by atoms with Crippen molar-refractivity contribution in [3.63, 3.8) is 0 Å². The highest BCUT2D eigenvalue weighted by molar-refractivity contribution is 7.89. The molecule has 1 aliphatic carbocycles. The minimum atomic E-state index is -3.63. The van der Waals surface area contributed by atoms with Gasteiger partial charge >= 0.3 is 0 Å². The number of anilines is 1. The number of carbonyl (C=O) groups excluding carboxylic acids is 1. The van der Waals surface area contributed by atoms with Crippen LogP contribution in [0.5, 0.6) is 0 Å². The van der Waals surface area contributed by atoms with Crippen LogP contribution in [0.2, 0.25) is 5.02 Å². The average molecular weight is 391 g/mol. The Balaban J connectivity index is 1.53. The molecule has 2 aromatic carbocycles. The van der Waals surface area contributed by atoms with Gasteiger partial charge in [0.1, 0.15) is 0 Å². The lowest BCUT2D eigenvalue weighted by Gasteiger charge is -2.17. The highest BCUT2D eigenvalue weighted by atomic mass is 35.5. The first-order chi connectivity index (χ1) is 12.3. The first kappa shape index (κ1) is 17.5. The standard InChI is InChI=1S/C19H19ClN2O3S/c1-22-17-7-6-16(10-13(17)11-18(22)23)26(24,25)21-12-19(8-9-19)14-2-4-15(20)5-3-14/h2-7,10,21H,8-9,11-12H2,1H3. The number of rotatable bonds is 5. The van der Waals surface area contributed by atoms with E-state index in [2.05, 4.69) is 4.72 Å². The number of hydrogen-bond acceptors (Lipinski definition) is 3. The molecule has 136 valence electrons. The molecule has 1 saturated carbocycles. The van der Waals surface area contributed by atoms with E-state index in [0.29, 0.717) is 11.6 Å². The third-order valence-corrected chi connectivity index (χ3v) is 7.00. The molecule has 4 rings (SSSR count). The molecule has 0 aromatic heterocycles. The van der Waals surface area contributed by atoms with Gasteiger partial charge in [0.2, 0.25) is 15.9 Å². The smallest absolute Gasteiger partial charge is 0.240 e. The largest absolute Gasteiger partial charge is 0.315 e. The highest BCUT2D eigenvalue weighted by Gasteiger charge is 2.44. The van der Waals surface area contributed by atoms with Gasteiger partial charge in [0, 0.05) is 29.7 Å². The maximum Gasteiger partial charge on any atom is 0.240 e. The van der Waals surface area contributed by atoms with Gasteiger partial charge in [0.25, 0.3) is 0 Å². The van der Waals surface area contributed by atoms with Crippen molar-refractivity contribution in [3.8, 4) is 0 Å². The topological polar surface area (TPSA) is 66.5 Å². The molecule has 5 nitrogen and oxygen atoms in total. The molecule has 0 atom stereocenters. The van der Waals surface area contributed by atoms with Gasteiger partial charge in [0.15, 0.2) is 0 Å². The Morgan fingerprint density at radius 3 is 2.50 bits per heavy atom. The van der Waals surface area contributed by atoms with Crippen LogP contribution in [-0.2, 0) is 26.7 Å². The van der Waals surface area contributed by atoms with E-state index in [1.54, 1.807) is 30.1 Å². The maximum absolute atomic E-state index is 12.7. The fourth-order valence-corrected chi connectivity index (χ4v) is 4.76. The molecule has 26 heavy (non-hydrogen) atoms. The Labute approximate surface area is 158 Å². The molecule has 0 bridgehead atoms. The predicted octanol–water partition coefficient (Wildman–Crippen LogP) is 2.87. The lowest BCUT2D eigenvalue weighted by Crippen LogP contribution is -2.32. The lowest BCUT2D eigenvalue weighted by molar-refractivity contribution is -0.117. The van der Waals surface area contributed by atoms with Crippen LogP contribution in [-0.4, -0.2) is 27.9 Å². The number of hydrogen-bond donors (Lipinski definition) is 1. The van der Waals surface area contributed by atoms with Crippen LogP contribution in [0.3, 0.4) is 0 Å². The van der Waals surface area contributed by atoms with Crippen molar-refractivity contribution in [1.29, 1.82) is 0 Å². The molecule has 0 spiro atoms. The fourth-order valence-electron chi connectivity index (χ4n) is 3.45. The Kier molecular flexibility index (Phi) is 4.10. The summed E-state index contributed by atoms with van der Waals surface area (Å²) >= 11 is 5.94. The first-order valence-corrected chi connectivity index (χ1v) is 10.3. The molecule has 1 fully saturated rings. The van der Waals surface area contributed by atoms with Crippen molar-refractivity contribution in [2.75, 3.05) is 18.5 Å². The second kappa shape index (κ2) is 6.08. The van der Waals surface area contributed by atoms with Crippen molar-refractivity contribution < 1.29 is 13.2 Å². The number of amides is 1. The molecule has 0 saturated heterocycles. The van der Waals surface area contributed by atoms with E-state index in [0.717, 1.165) is 29.7 Å². The van der Waals surface area contributed by atoms with Crippen molar-refractivity contribution >= 4 is 33.2 Å². The minimum absolute atomic E-state index is 0.0258. The van der Waals surface area contributed by atoms with Crippen LogP contribution >= 0.6 is 11.6 Å². The van der Waals surface area contributed by atoms with E-state index in [9.17, 15) is 13.2 Å². The number of halogens is 1. The lowest BCUT2D eigenvalue weighted by atomic mass is 9.96. The van der Waals surface area contributed by atoms with E-state index < -0.39 is 10.0 Å². The number of carbonyl (C=O) groups is 1.